The van der Waals surface area contributed by atoms with Crippen LogP contribution in [0.3, 0.4) is 0 Å². The average Bonchev–Trinajstić information content (AvgIpc) is 2.95. The number of carbonyl (C=O) groups is 2. The molecule has 5 nitrogen and oxygen atoms in total. The number of aromatic amines is 1. The maximum atomic E-state index is 12.3. The van der Waals surface area contributed by atoms with Crippen LogP contribution in [-0.2, 0) is 6.42 Å². The minimum atomic E-state index is -0.287. The molecule has 6 heteroatoms. The van der Waals surface area contributed by atoms with E-state index in [1.165, 1.54) is 11.3 Å². The Labute approximate surface area is 120 Å². The molecule has 0 radical (unpaired) electrons. The Hall–Kier alpha value is -1.95. The number of thiazole rings is 1. The van der Waals surface area contributed by atoms with Crippen molar-refractivity contribution in [2.24, 2.45) is 5.41 Å². The molecule has 20 heavy (non-hydrogen) atoms. The van der Waals surface area contributed by atoms with Crippen LogP contribution in [-0.4, -0.2) is 21.7 Å². The topological polar surface area (TPSA) is 74.8 Å². The van der Waals surface area contributed by atoms with E-state index in [-0.39, 0.29) is 17.1 Å². The molecule has 0 saturated carbocycles. The Morgan fingerprint density at radius 3 is 2.95 bits per heavy atom. The van der Waals surface area contributed by atoms with Crippen LogP contribution < -0.4 is 5.32 Å². The van der Waals surface area contributed by atoms with Gasteiger partial charge in [-0.1, -0.05) is 13.8 Å². The van der Waals surface area contributed by atoms with Crippen LogP contribution in [0.4, 0.5) is 5.13 Å². The Kier molecular flexibility index (Phi) is 2.97. The van der Waals surface area contributed by atoms with Gasteiger partial charge in [0.25, 0.3) is 5.91 Å². The molecular formula is C14H15N3O2S. The zero-order valence-electron chi connectivity index (χ0n) is 11.3. The first kappa shape index (κ1) is 13.1. The van der Waals surface area contributed by atoms with Crippen LogP contribution >= 0.6 is 11.3 Å². The van der Waals surface area contributed by atoms with E-state index in [0.29, 0.717) is 22.7 Å². The third-order valence-electron chi connectivity index (χ3n) is 3.43. The van der Waals surface area contributed by atoms with Crippen molar-refractivity contribution in [1.29, 1.82) is 0 Å². The van der Waals surface area contributed by atoms with Crippen LogP contribution in [0.15, 0.2) is 17.8 Å². The number of rotatable bonds is 2. The first-order chi connectivity index (χ1) is 9.46. The molecule has 0 saturated heterocycles. The molecule has 0 unspecified atom stereocenters. The molecule has 2 heterocycles. The molecule has 2 N–H and O–H groups in total. The molecule has 2 aromatic rings. The van der Waals surface area contributed by atoms with Crippen molar-refractivity contribution >= 4 is 28.2 Å². The van der Waals surface area contributed by atoms with Crippen LogP contribution in [0.2, 0.25) is 0 Å². The number of carbonyl (C=O) groups excluding carboxylic acids is 2. The Morgan fingerprint density at radius 1 is 1.45 bits per heavy atom. The number of amides is 1. The number of nitrogens with zero attached hydrogens (tertiary/aromatic N) is 1. The lowest BCUT2D eigenvalue weighted by atomic mass is 9.75. The number of anilines is 1. The van der Waals surface area contributed by atoms with Gasteiger partial charge in [-0.25, -0.2) is 4.98 Å². The van der Waals surface area contributed by atoms with Crippen LogP contribution in [0, 0.1) is 5.41 Å². The SMILES string of the molecule is CC1(C)CC(=O)c2c(C(=O)Nc3nccs3)c[nH]c2C1. The minimum Gasteiger partial charge on any atom is -0.364 e. The van der Waals surface area contributed by atoms with E-state index in [2.05, 4.69) is 29.1 Å². The van der Waals surface area contributed by atoms with E-state index >= 15 is 0 Å². The van der Waals surface area contributed by atoms with Crippen LogP contribution in [0.5, 0.6) is 0 Å². The van der Waals surface area contributed by atoms with Gasteiger partial charge in [0.1, 0.15) is 0 Å². The summed E-state index contributed by atoms with van der Waals surface area (Å²) >= 11 is 1.35. The van der Waals surface area contributed by atoms with E-state index in [1.807, 2.05) is 0 Å². The van der Waals surface area contributed by atoms with Gasteiger partial charge in [-0.3, -0.25) is 14.9 Å². The molecule has 1 aliphatic carbocycles. The first-order valence-electron chi connectivity index (χ1n) is 6.40. The maximum absolute atomic E-state index is 12.3. The predicted molar refractivity (Wildman–Crippen MR) is 77.3 cm³/mol. The monoisotopic (exact) mass is 289 g/mol. The van der Waals surface area contributed by atoms with Gasteiger partial charge >= 0.3 is 0 Å². The second-order valence-electron chi connectivity index (χ2n) is 5.79. The smallest absolute Gasteiger partial charge is 0.259 e. The molecule has 0 bridgehead atoms. The second kappa shape index (κ2) is 4.56. The molecule has 3 rings (SSSR count). The zero-order valence-corrected chi connectivity index (χ0v) is 12.1. The summed E-state index contributed by atoms with van der Waals surface area (Å²) in [7, 11) is 0. The summed E-state index contributed by atoms with van der Waals surface area (Å²) in [6.45, 7) is 4.12. The number of fused-ring (bicyclic) bond motifs is 1. The number of ketones is 1. The van der Waals surface area contributed by atoms with Crippen molar-refractivity contribution in [2.75, 3.05) is 5.32 Å². The number of H-pyrrole nitrogens is 1. The zero-order chi connectivity index (χ0) is 14.3. The molecule has 0 aliphatic heterocycles. The van der Waals surface area contributed by atoms with E-state index in [0.717, 1.165) is 12.1 Å². The normalized spacial score (nSPS) is 16.8. The fourth-order valence-electron chi connectivity index (χ4n) is 2.62. The molecule has 0 aromatic carbocycles. The molecule has 0 atom stereocenters. The highest BCUT2D eigenvalue weighted by atomic mass is 32.1. The van der Waals surface area contributed by atoms with Gasteiger partial charge in [-0.2, -0.15) is 0 Å². The van der Waals surface area contributed by atoms with E-state index in [1.54, 1.807) is 17.8 Å². The third kappa shape index (κ3) is 2.27. The third-order valence-corrected chi connectivity index (χ3v) is 4.12. The van der Waals surface area contributed by atoms with E-state index in [4.69, 9.17) is 0 Å². The van der Waals surface area contributed by atoms with Gasteiger partial charge in [0.15, 0.2) is 10.9 Å². The lowest BCUT2D eigenvalue weighted by molar-refractivity contribution is 0.0902. The second-order valence-corrected chi connectivity index (χ2v) is 6.68. The quantitative estimate of drug-likeness (QED) is 0.892. The largest absolute Gasteiger partial charge is 0.364 e. The van der Waals surface area contributed by atoms with Crippen molar-refractivity contribution < 1.29 is 9.59 Å². The molecule has 0 fully saturated rings. The highest BCUT2D eigenvalue weighted by Crippen LogP contribution is 2.35. The summed E-state index contributed by atoms with van der Waals surface area (Å²) in [5, 5.41) is 5.04. The predicted octanol–water partition coefficient (Wildman–Crippen LogP) is 2.88. The molecular weight excluding hydrogens is 274 g/mol. The standard InChI is InChI=1S/C14H15N3O2S/c1-14(2)5-9-11(10(18)6-14)8(7-16-9)12(19)17-13-15-3-4-20-13/h3-4,7,16H,5-6H2,1-2H3,(H,15,17,19). The number of Topliss-reactive ketones (excluding diaryl/α,β-unsaturated/α-hetero) is 1. The highest BCUT2D eigenvalue weighted by molar-refractivity contribution is 7.13. The van der Waals surface area contributed by atoms with Crippen molar-refractivity contribution in [2.45, 2.75) is 26.7 Å². The maximum Gasteiger partial charge on any atom is 0.259 e. The molecule has 2 aromatic heterocycles. The highest BCUT2D eigenvalue weighted by Gasteiger charge is 2.35. The van der Waals surface area contributed by atoms with Crippen molar-refractivity contribution in [3.05, 3.63) is 34.6 Å². The molecule has 1 amide bonds. The number of aromatic nitrogens is 2. The number of hydrogen-bond donors (Lipinski definition) is 2. The summed E-state index contributed by atoms with van der Waals surface area (Å²) in [4.78, 5) is 31.6. The molecule has 104 valence electrons. The van der Waals surface area contributed by atoms with Crippen molar-refractivity contribution in [3.8, 4) is 0 Å². The molecule has 1 aliphatic rings. The molecule has 0 spiro atoms. The van der Waals surface area contributed by atoms with Crippen LogP contribution in [0.25, 0.3) is 0 Å². The Morgan fingerprint density at radius 2 is 2.25 bits per heavy atom. The van der Waals surface area contributed by atoms with E-state index in [9.17, 15) is 9.59 Å². The fourth-order valence-corrected chi connectivity index (χ4v) is 3.14. The van der Waals surface area contributed by atoms with Gasteiger partial charge in [-0.15, -0.1) is 11.3 Å². The van der Waals surface area contributed by atoms with E-state index < -0.39 is 0 Å². The van der Waals surface area contributed by atoms with Gasteiger partial charge in [0.2, 0.25) is 0 Å². The summed E-state index contributed by atoms with van der Waals surface area (Å²) < 4.78 is 0. The Balaban J connectivity index is 1.91. The lowest BCUT2D eigenvalue weighted by Crippen LogP contribution is -2.28. The summed E-state index contributed by atoms with van der Waals surface area (Å²) in [6.07, 6.45) is 4.49. The summed E-state index contributed by atoms with van der Waals surface area (Å²) in [5.74, 6) is -0.257. The van der Waals surface area contributed by atoms with Crippen molar-refractivity contribution in [3.63, 3.8) is 0 Å². The van der Waals surface area contributed by atoms with Gasteiger partial charge in [-0.05, 0) is 11.8 Å². The summed E-state index contributed by atoms with van der Waals surface area (Å²) in [6, 6.07) is 0. The fraction of sp³-hybridized carbons (Fsp3) is 0.357. The van der Waals surface area contributed by atoms with Gasteiger partial charge in [0.05, 0.1) is 11.1 Å². The number of hydrogen-bond acceptors (Lipinski definition) is 4. The van der Waals surface area contributed by atoms with Crippen molar-refractivity contribution in [1.82, 2.24) is 9.97 Å². The van der Waals surface area contributed by atoms with Crippen LogP contribution in [0.1, 0.15) is 46.7 Å². The lowest BCUT2D eigenvalue weighted by Gasteiger charge is -2.28. The number of nitrogens with one attached hydrogen (secondary N) is 2. The minimum absolute atomic E-state index is 0.0294. The Bertz CT molecular complexity index is 671. The first-order valence-corrected chi connectivity index (χ1v) is 7.28. The summed E-state index contributed by atoms with van der Waals surface area (Å²) in [5.41, 5.74) is 1.75. The van der Waals surface area contributed by atoms with Gasteiger partial charge < -0.3 is 4.98 Å². The van der Waals surface area contributed by atoms with Gasteiger partial charge in [0, 0.05) is 29.9 Å². The average molecular weight is 289 g/mol.